The van der Waals surface area contributed by atoms with Gasteiger partial charge in [0, 0.05) is 11.1 Å². The van der Waals surface area contributed by atoms with E-state index in [0.29, 0.717) is 15.2 Å². The van der Waals surface area contributed by atoms with Crippen LogP contribution in [-0.4, -0.2) is 21.3 Å². The lowest BCUT2D eigenvalue weighted by molar-refractivity contribution is 0.0689. The molecule has 5 nitrogen and oxygen atoms in total. The standard InChI is InChI=1S/C11H6BrClN2O3/c12-7-5-6(13)1-3-9(7)18-10-4-2-8(11(16)17)14-15-10/h1-5H,(H,16,17). The predicted molar refractivity (Wildman–Crippen MR) is 68.2 cm³/mol. The fourth-order valence-corrected chi connectivity index (χ4v) is 1.92. The van der Waals surface area contributed by atoms with Crippen molar-refractivity contribution in [2.24, 2.45) is 0 Å². The van der Waals surface area contributed by atoms with Gasteiger partial charge in [-0.15, -0.1) is 10.2 Å². The fraction of sp³-hybridized carbons (Fsp3) is 0. The van der Waals surface area contributed by atoms with Crippen LogP contribution in [0.2, 0.25) is 5.02 Å². The number of hydrogen-bond donors (Lipinski definition) is 1. The summed E-state index contributed by atoms with van der Waals surface area (Å²) in [4.78, 5) is 10.6. The van der Waals surface area contributed by atoms with Crippen LogP contribution in [0.15, 0.2) is 34.8 Å². The minimum absolute atomic E-state index is 0.141. The minimum Gasteiger partial charge on any atom is -0.476 e. The van der Waals surface area contributed by atoms with Crippen LogP contribution in [0, 0.1) is 0 Å². The van der Waals surface area contributed by atoms with Crippen LogP contribution < -0.4 is 4.74 Å². The number of carbonyl (C=O) groups is 1. The smallest absolute Gasteiger partial charge is 0.356 e. The largest absolute Gasteiger partial charge is 0.476 e. The van der Waals surface area contributed by atoms with E-state index in [4.69, 9.17) is 21.4 Å². The Hall–Kier alpha value is -1.66. The van der Waals surface area contributed by atoms with Crippen LogP contribution in [0.25, 0.3) is 0 Å². The van der Waals surface area contributed by atoms with Crippen LogP contribution in [0.4, 0.5) is 0 Å². The normalized spacial score (nSPS) is 10.1. The molecule has 0 aliphatic rings. The molecule has 2 aromatic rings. The molecule has 0 bridgehead atoms. The molecular weight excluding hydrogens is 323 g/mol. The Morgan fingerprint density at radius 1 is 1.28 bits per heavy atom. The number of aromatic nitrogens is 2. The topological polar surface area (TPSA) is 72.3 Å². The molecule has 0 aliphatic carbocycles. The monoisotopic (exact) mass is 328 g/mol. The van der Waals surface area contributed by atoms with Gasteiger partial charge in [-0.2, -0.15) is 0 Å². The molecule has 0 aliphatic heterocycles. The van der Waals surface area contributed by atoms with Crippen LogP contribution in [0.5, 0.6) is 11.6 Å². The molecule has 92 valence electrons. The van der Waals surface area contributed by atoms with E-state index in [1.165, 1.54) is 12.1 Å². The second-order valence-electron chi connectivity index (χ2n) is 3.24. The van der Waals surface area contributed by atoms with E-state index in [9.17, 15) is 4.79 Å². The van der Waals surface area contributed by atoms with Crippen molar-refractivity contribution in [2.45, 2.75) is 0 Å². The summed E-state index contributed by atoms with van der Waals surface area (Å²) in [5, 5.41) is 16.4. The number of ether oxygens (including phenoxy) is 1. The van der Waals surface area contributed by atoms with Crippen molar-refractivity contribution in [2.75, 3.05) is 0 Å². The predicted octanol–water partition coefficient (Wildman–Crippen LogP) is 3.38. The molecule has 0 unspecified atom stereocenters. The molecule has 0 fully saturated rings. The third-order valence-corrected chi connectivity index (χ3v) is 2.82. The molecule has 7 heteroatoms. The summed E-state index contributed by atoms with van der Waals surface area (Å²) in [6, 6.07) is 7.75. The van der Waals surface area contributed by atoms with Gasteiger partial charge in [0.1, 0.15) is 5.75 Å². The van der Waals surface area contributed by atoms with Crippen molar-refractivity contribution in [3.8, 4) is 11.6 Å². The zero-order valence-electron chi connectivity index (χ0n) is 8.80. The number of nitrogens with zero attached hydrogens (tertiary/aromatic N) is 2. The van der Waals surface area contributed by atoms with Gasteiger partial charge in [0.25, 0.3) is 0 Å². The Balaban J connectivity index is 2.21. The summed E-state index contributed by atoms with van der Waals surface area (Å²) in [6.45, 7) is 0. The van der Waals surface area contributed by atoms with E-state index in [1.807, 2.05) is 0 Å². The first-order valence-electron chi connectivity index (χ1n) is 4.76. The maximum absolute atomic E-state index is 10.6. The average Bonchev–Trinajstić information content (AvgIpc) is 2.33. The van der Waals surface area contributed by atoms with Crippen LogP contribution in [-0.2, 0) is 0 Å². The summed E-state index contributed by atoms with van der Waals surface area (Å²) in [6.07, 6.45) is 0. The summed E-state index contributed by atoms with van der Waals surface area (Å²) >= 11 is 9.09. The van der Waals surface area contributed by atoms with E-state index in [1.54, 1.807) is 18.2 Å². The third kappa shape index (κ3) is 2.96. The maximum atomic E-state index is 10.6. The number of aromatic carboxylic acids is 1. The Morgan fingerprint density at radius 3 is 2.61 bits per heavy atom. The highest BCUT2D eigenvalue weighted by Crippen LogP contribution is 2.30. The fourth-order valence-electron chi connectivity index (χ4n) is 1.16. The van der Waals surface area contributed by atoms with E-state index < -0.39 is 5.97 Å². The second kappa shape index (κ2) is 5.32. The van der Waals surface area contributed by atoms with E-state index in [-0.39, 0.29) is 11.6 Å². The minimum atomic E-state index is -1.14. The molecule has 0 atom stereocenters. The van der Waals surface area contributed by atoms with Crippen molar-refractivity contribution in [3.05, 3.63) is 45.5 Å². The quantitative estimate of drug-likeness (QED) is 0.934. The lowest BCUT2D eigenvalue weighted by atomic mass is 10.3. The van der Waals surface area contributed by atoms with Crippen LogP contribution >= 0.6 is 27.5 Å². The first kappa shape index (κ1) is 12.8. The highest BCUT2D eigenvalue weighted by Gasteiger charge is 2.08. The Kier molecular flexibility index (Phi) is 3.78. The molecule has 1 aromatic carbocycles. The summed E-state index contributed by atoms with van der Waals surface area (Å²) in [5.74, 6) is -0.429. The lowest BCUT2D eigenvalue weighted by Crippen LogP contribution is -2.02. The first-order chi connectivity index (χ1) is 8.56. The maximum Gasteiger partial charge on any atom is 0.356 e. The molecule has 18 heavy (non-hydrogen) atoms. The average molecular weight is 330 g/mol. The van der Waals surface area contributed by atoms with E-state index in [0.717, 1.165) is 0 Å². The van der Waals surface area contributed by atoms with Gasteiger partial charge in [0.05, 0.1) is 4.47 Å². The molecule has 1 aromatic heterocycles. The van der Waals surface area contributed by atoms with Crippen LogP contribution in [0.1, 0.15) is 10.5 Å². The van der Waals surface area contributed by atoms with E-state index in [2.05, 4.69) is 26.1 Å². The van der Waals surface area contributed by atoms with Gasteiger partial charge in [0.15, 0.2) is 5.69 Å². The molecule has 0 radical (unpaired) electrons. The summed E-state index contributed by atoms with van der Waals surface area (Å²) in [7, 11) is 0. The Bertz CT molecular complexity index is 589. The van der Waals surface area contributed by atoms with Gasteiger partial charge in [-0.25, -0.2) is 4.79 Å². The number of halogens is 2. The zero-order valence-corrected chi connectivity index (χ0v) is 11.1. The number of carboxylic acid groups (broad SMARTS) is 1. The van der Waals surface area contributed by atoms with Crippen molar-refractivity contribution >= 4 is 33.5 Å². The number of carboxylic acids is 1. The highest BCUT2D eigenvalue weighted by molar-refractivity contribution is 9.10. The number of benzene rings is 1. The molecule has 2 rings (SSSR count). The first-order valence-corrected chi connectivity index (χ1v) is 5.93. The molecule has 0 spiro atoms. The Morgan fingerprint density at radius 2 is 2.06 bits per heavy atom. The molecule has 0 amide bonds. The SMILES string of the molecule is O=C(O)c1ccc(Oc2ccc(Cl)cc2Br)nn1. The molecule has 0 saturated carbocycles. The van der Waals surface area contributed by atoms with Crippen molar-refractivity contribution in [3.63, 3.8) is 0 Å². The Labute approximate surface area is 116 Å². The van der Waals surface area contributed by atoms with Gasteiger partial charge >= 0.3 is 5.97 Å². The van der Waals surface area contributed by atoms with E-state index >= 15 is 0 Å². The molecule has 1 N–H and O–H groups in total. The molecule has 1 heterocycles. The van der Waals surface area contributed by atoms with Gasteiger partial charge in [-0.05, 0) is 40.2 Å². The number of hydrogen-bond acceptors (Lipinski definition) is 4. The lowest BCUT2D eigenvalue weighted by Gasteiger charge is -2.06. The van der Waals surface area contributed by atoms with Gasteiger partial charge in [-0.3, -0.25) is 0 Å². The third-order valence-electron chi connectivity index (χ3n) is 1.97. The summed E-state index contributed by atoms with van der Waals surface area (Å²) in [5.41, 5.74) is -0.141. The molecule has 0 saturated heterocycles. The number of rotatable bonds is 3. The van der Waals surface area contributed by atoms with Crippen molar-refractivity contribution in [1.29, 1.82) is 0 Å². The molecular formula is C11H6BrClN2O3. The van der Waals surface area contributed by atoms with Crippen molar-refractivity contribution in [1.82, 2.24) is 10.2 Å². The summed E-state index contributed by atoms with van der Waals surface area (Å²) < 4.78 is 6.09. The zero-order chi connectivity index (χ0) is 13.1. The van der Waals surface area contributed by atoms with Gasteiger partial charge in [-0.1, -0.05) is 11.6 Å². The van der Waals surface area contributed by atoms with Crippen LogP contribution in [0.3, 0.4) is 0 Å². The second-order valence-corrected chi connectivity index (χ2v) is 4.53. The van der Waals surface area contributed by atoms with Crippen molar-refractivity contribution < 1.29 is 14.6 Å². The van der Waals surface area contributed by atoms with Gasteiger partial charge < -0.3 is 9.84 Å². The highest BCUT2D eigenvalue weighted by atomic mass is 79.9. The van der Waals surface area contributed by atoms with Gasteiger partial charge in [0.2, 0.25) is 5.88 Å².